The summed E-state index contributed by atoms with van der Waals surface area (Å²) in [5, 5.41) is 0. The van der Waals surface area contributed by atoms with Gasteiger partial charge in [-0.2, -0.15) is 0 Å². The Hall–Kier alpha value is -0.631. The molecule has 3 aliphatic carbocycles. The zero-order valence-electron chi connectivity index (χ0n) is 16.6. The van der Waals surface area contributed by atoms with Crippen LogP contribution >= 0.6 is 0 Å². The van der Waals surface area contributed by atoms with Crippen molar-refractivity contribution in [2.24, 2.45) is 16.7 Å². The molecule has 1 aromatic rings. The van der Waals surface area contributed by atoms with Gasteiger partial charge in [0.25, 0.3) is 0 Å². The molecule has 0 N–H and O–H groups in total. The van der Waals surface area contributed by atoms with Crippen molar-refractivity contribution in [1.82, 2.24) is 0 Å². The van der Waals surface area contributed by atoms with Crippen LogP contribution in [0.25, 0.3) is 0 Å². The Morgan fingerprint density at radius 1 is 1.04 bits per heavy atom. The predicted octanol–water partition coefficient (Wildman–Crippen LogP) is 5.41. The number of carbonyl (C=O) groups is 1. The molecule has 0 aliphatic heterocycles. The summed E-state index contributed by atoms with van der Waals surface area (Å²) in [4.78, 5) is 14.2. The first kappa shape index (κ1) is 18.7. The van der Waals surface area contributed by atoms with Gasteiger partial charge in [-0.25, -0.2) is 0 Å². The Balaban J connectivity index is 1.66. The number of ketones is 1. The molecule has 0 saturated heterocycles. The Morgan fingerprint density at radius 2 is 1.77 bits per heavy atom. The van der Waals surface area contributed by atoms with Crippen LogP contribution < -0.4 is 0 Å². The summed E-state index contributed by atoms with van der Waals surface area (Å²) >= 11 is 0.295. The van der Waals surface area contributed by atoms with Gasteiger partial charge in [0.1, 0.15) is 0 Å². The van der Waals surface area contributed by atoms with Crippen LogP contribution in [-0.2, 0) is 15.1 Å². The first-order chi connectivity index (χ1) is 12.4. The maximum atomic E-state index is 13.4. The number of ether oxygens (including phenoxy) is 1. The number of Topliss-reactive ketones (excluding diaryl/α,β-unsaturated/α-hetero) is 1. The second-order valence-electron chi connectivity index (χ2n) is 9.31. The molecule has 5 atom stereocenters. The molecular formula is C23H32O2Se. The molecule has 4 rings (SSSR count). The molecule has 0 radical (unpaired) electrons. The van der Waals surface area contributed by atoms with Gasteiger partial charge < -0.3 is 0 Å². The van der Waals surface area contributed by atoms with Crippen molar-refractivity contribution in [3.05, 3.63) is 35.9 Å². The van der Waals surface area contributed by atoms with Gasteiger partial charge in [0, 0.05) is 0 Å². The maximum absolute atomic E-state index is 13.4. The zero-order chi connectivity index (χ0) is 18.6. The van der Waals surface area contributed by atoms with Crippen LogP contribution in [-0.4, -0.2) is 27.8 Å². The van der Waals surface area contributed by atoms with E-state index in [9.17, 15) is 4.79 Å². The quantitative estimate of drug-likeness (QED) is 0.610. The summed E-state index contributed by atoms with van der Waals surface area (Å²) in [7, 11) is 1.88. The number of rotatable bonds is 4. The van der Waals surface area contributed by atoms with E-state index in [1.54, 1.807) is 0 Å². The summed E-state index contributed by atoms with van der Waals surface area (Å²) in [6, 6.07) is 10.8. The van der Waals surface area contributed by atoms with Gasteiger partial charge in [0.15, 0.2) is 0 Å². The van der Waals surface area contributed by atoms with Crippen LogP contribution in [0.1, 0.15) is 64.9 Å². The summed E-state index contributed by atoms with van der Waals surface area (Å²) in [5.74, 6) is 1.15. The van der Waals surface area contributed by atoms with Crippen LogP contribution in [0, 0.1) is 16.7 Å². The third kappa shape index (κ3) is 2.43. The van der Waals surface area contributed by atoms with Crippen LogP contribution in [0.2, 0.25) is 9.63 Å². The van der Waals surface area contributed by atoms with Crippen molar-refractivity contribution in [1.29, 1.82) is 0 Å². The Labute approximate surface area is 164 Å². The number of hydrogen-bond donors (Lipinski definition) is 0. The topological polar surface area (TPSA) is 26.3 Å². The van der Waals surface area contributed by atoms with E-state index in [0.717, 1.165) is 12.8 Å². The van der Waals surface area contributed by atoms with Gasteiger partial charge in [-0.15, -0.1) is 0 Å². The summed E-state index contributed by atoms with van der Waals surface area (Å²) in [6.07, 6.45) is 7.12. The minimum atomic E-state index is -0.188. The van der Waals surface area contributed by atoms with Gasteiger partial charge in [-0.05, 0) is 0 Å². The molecule has 26 heavy (non-hydrogen) atoms. The van der Waals surface area contributed by atoms with Crippen molar-refractivity contribution >= 4 is 20.7 Å². The van der Waals surface area contributed by atoms with E-state index in [4.69, 9.17) is 4.74 Å². The van der Waals surface area contributed by atoms with Crippen LogP contribution in [0.3, 0.4) is 0 Å². The summed E-state index contributed by atoms with van der Waals surface area (Å²) in [6.45, 7) is 6.94. The number of hydrogen-bond acceptors (Lipinski definition) is 2. The third-order valence-electron chi connectivity index (χ3n) is 8.19. The second kappa shape index (κ2) is 6.47. The van der Waals surface area contributed by atoms with E-state index < -0.39 is 0 Å². The zero-order valence-corrected chi connectivity index (χ0v) is 18.3. The van der Waals surface area contributed by atoms with Crippen LogP contribution in [0.5, 0.6) is 0 Å². The molecule has 1 aromatic carbocycles. The molecule has 3 fully saturated rings. The first-order valence-corrected chi connectivity index (χ1v) is 12.1. The standard InChI is InChI=1S/C23H32O2Se/c1-21(2)17-13-15-22(21,3)20(24)19(17)26-18-12-8-9-14-23(18,25-4)16-10-6-5-7-11-16/h5-7,10-11,17-19H,8-9,12-15H2,1-4H3/t17-,18?,19+,22+,23?/m1/s1. The van der Waals surface area contributed by atoms with Gasteiger partial charge >= 0.3 is 165 Å². The average molecular weight is 419 g/mol. The number of benzene rings is 1. The SMILES string of the molecule is COC1(c2ccccc2)CCCCC1[Se][C@@H]1C(=O)[C@]2(C)CC[C@H]1C2(C)C. The van der Waals surface area contributed by atoms with Gasteiger partial charge in [-0.1, -0.05) is 0 Å². The fraction of sp³-hybridized carbons (Fsp3) is 0.696. The molecule has 2 bridgehead atoms. The predicted molar refractivity (Wildman–Crippen MR) is 106 cm³/mol. The van der Waals surface area contributed by atoms with Crippen LogP contribution in [0.4, 0.5) is 0 Å². The molecule has 2 nitrogen and oxygen atoms in total. The Kier molecular flexibility index (Phi) is 4.66. The van der Waals surface area contributed by atoms with Gasteiger partial charge in [0.05, 0.1) is 0 Å². The van der Waals surface area contributed by atoms with Crippen molar-refractivity contribution < 1.29 is 9.53 Å². The molecule has 0 spiro atoms. The Bertz CT molecular complexity index is 685. The molecule has 0 amide bonds. The summed E-state index contributed by atoms with van der Waals surface area (Å²) in [5.41, 5.74) is 1.19. The van der Waals surface area contributed by atoms with Crippen molar-refractivity contribution in [3.8, 4) is 0 Å². The van der Waals surface area contributed by atoms with E-state index in [0.29, 0.717) is 31.5 Å². The van der Waals surface area contributed by atoms with E-state index in [1.807, 2.05) is 7.11 Å². The second-order valence-corrected chi connectivity index (χ2v) is 12.1. The van der Waals surface area contributed by atoms with Crippen molar-refractivity contribution in [2.75, 3.05) is 7.11 Å². The molecule has 3 heteroatoms. The Morgan fingerprint density at radius 3 is 2.38 bits per heavy atom. The van der Waals surface area contributed by atoms with E-state index >= 15 is 0 Å². The van der Waals surface area contributed by atoms with E-state index in [2.05, 4.69) is 51.1 Å². The first-order valence-electron chi connectivity index (χ1n) is 10.2. The molecule has 142 valence electrons. The molecule has 3 aliphatic rings. The van der Waals surface area contributed by atoms with Gasteiger partial charge in [0.2, 0.25) is 0 Å². The van der Waals surface area contributed by atoms with Crippen molar-refractivity contribution in [3.63, 3.8) is 0 Å². The van der Waals surface area contributed by atoms with E-state index in [-0.39, 0.29) is 21.2 Å². The molecular weight excluding hydrogens is 387 g/mol. The monoisotopic (exact) mass is 420 g/mol. The normalized spacial score (nSPS) is 41.5. The van der Waals surface area contributed by atoms with Crippen molar-refractivity contribution in [2.45, 2.75) is 74.5 Å². The van der Waals surface area contributed by atoms with Crippen LogP contribution in [0.15, 0.2) is 30.3 Å². The molecule has 0 aromatic heterocycles. The van der Waals surface area contributed by atoms with E-state index in [1.165, 1.54) is 31.2 Å². The number of fused-ring (bicyclic) bond motifs is 2. The molecule has 2 unspecified atom stereocenters. The molecule has 0 heterocycles. The average Bonchev–Trinajstić information content (AvgIpc) is 2.97. The fourth-order valence-corrected chi connectivity index (χ4v) is 10.8. The number of carbonyl (C=O) groups excluding carboxylic acids is 1. The summed E-state index contributed by atoms with van der Waals surface area (Å²) < 4.78 is 6.28. The van der Waals surface area contributed by atoms with Gasteiger partial charge in [-0.3, -0.25) is 0 Å². The fourth-order valence-electron chi connectivity index (χ4n) is 6.03. The minimum absolute atomic E-state index is 0.0960. The molecule has 3 saturated carbocycles. The third-order valence-corrected chi connectivity index (χ3v) is 11.9. The number of methoxy groups -OCH3 is 1.